The third kappa shape index (κ3) is 3.86. The monoisotopic (exact) mass is 416 g/mol. The first-order valence-electron chi connectivity index (χ1n) is 5.66. The molecule has 0 saturated heterocycles. The molecule has 0 heterocycles. The van der Waals surface area contributed by atoms with Gasteiger partial charge in [-0.05, 0) is 47.5 Å². The molecule has 0 N–H and O–H groups in total. The van der Waals surface area contributed by atoms with E-state index < -0.39 is 17.1 Å². The number of hydrogen-bond acceptors (Lipinski definition) is 0. The van der Waals surface area contributed by atoms with Crippen molar-refractivity contribution in [3.05, 3.63) is 67.6 Å². The molecule has 21 heavy (non-hydrogen) atoms. The van der Waals surface area contributed by atoms with Crippen LogP contribution in [0, 0.1) is 0 Å². The van der Waals surface area contributed by atoms with Crippen molar-refractivity contribution in [1.82, 2.24) is 0 Å². The fourth-order valence-corrected chi connectivity index (χ4v) is 3.22. The quantitative estimate of drug-likeness (QED) is 0.456. The van der Waals surface area contributed by atoms with Crippen molar-refractivity contribution in [1.29, 1.82) is 0 Å². The van der Waals surface area contributed by atoms with Crippen LogP contribution in [0.5, 0.6) is 0 Å². The first-order valence-corrected chi connectivity index (χ1v) is 7.64. The second kappa shape index (κ2) is 6.37. The van der Waals surface area contributed by atoms with Gasteiger partial charge in [-0.25, -0.2) is 0 Å². The lowest BCUT2D eigenvalue weighted by atomic mass is 10.0. The van der Waals surface area contributed by atoms with Crippen LogP contribution in [0.25, 0.3) is 0 Å². The molecular formula is C14H7BrCl3F3. The summed E-state index contributed by atoms with van der Waals surface area (Å²) in [5.74, 6) is 0. The van der Waals surface area contributed by atoms with Gasteiger partial charge < -0.3 is 0 Å². The first-order chi connectivity index (χ1) is 9.70. The Morgan fingerprint density at radius 2 is 1.62 bits per heavy atom. The van der Waals surface area contributed by atoms with Gasteiger partial charge in [-0.15, -0.1) is 11.6 Å². The van der Waals surface area contributed by atoms with Crippen molar-refractivity contribution in [2.24, 2.45) is 0 Å². The highest BCUT2D eigenvalue weighted by Gasteiger charge is 2.32. The maximum atomic E-state index is 12.8. The van der Waals surface area contributed by atoms with Gasteiger partial charge in [0.25, 0.3) is 0 Å². The molecule has 0 saturated carbocycles. The Kier molecular flexibility index (Phi) is 5.14. The summed E-state index contributed by atoms with van der Waals surface area (Å²) in [4.78, 5) is 0. The van der Waals surface area contributed by atoms with E-state index in [1.165, 1.54) is 12.1 Å². The molecule has 0 aromatic heterocycles. The summed E-state index contributed by atoms with van der Waals surface area (Å²) >= 11 is 21.4. The predicted octanol–water partition coefficient (Wildman–Crippen LogP) is 7.10. The molecule has 2 aromatic carbocycles. The van der Waals surface area contributed by atoms with E-state index in [-0.39, 0.29) is 5.56 Å². The zero-order valence-electron chi connectivity index (χ0n) is 10.2. The molecule has 0 spiro atoms. The Bertz CT molecular complexity index is 671. The minimum absolute atomic E-state index is 0.274. The molecule has 7 heteroatoms. The van der Waals surface area contributed by atoms with E-state index in [4.69, 9.17) is 34.8 Å². The smallest absolute Gasteiger partial charge is 0.166 e. The summed E-state index contributed by atoms with van der Waals surface area (Å²) in [5, 5.41) is -0.111. The number of halogens is 7. The van der Waals surface area contributed by atoms with Gasteiger partial charge in [0.15, 0.2) is 0 Å². The SMILES string of the molecule is FC(F)(F)c1ccc(Br)c(C(Cl)c2cc(Cl)ccc2Cl)c1. The molecule has 0 aliphatic rings. The summed E-state index contributed by atoms with van der Waals surface area (Å²) in [5.41, 5.74) is -0.0500. The zero-order chi connectivity index (χ0) is 15.8. The largest absolute Gasteiger partial charge is 0.416 e. The van der Waals surface area contributed by atoms with Gasteiger partial charge in [-0.1, -0.05) is 39.1 Å². The van der Waals surface area contributed by atoms with Crippen molar-refractivity contribution in [3.63, 3.8) is 0 Å². The molecule has 0 fully saturated rings. The number of rotatable bonds is 2. The topological polar surface area (TPSA) is 0 Å². The molecule has 2 aromatic rings. The Morgan fingerprint density at radius 1 is 0.952 bits per heavy atom. The first kappa shape index (κ1) is 16.9. The van der Waals surface area contributed by atoms with Crippen molar-refractivity contribution < 1.29 is 13.2 Å². The van der Waals surface area contributed by atoms with Crippen LogP contribution >= 0.6 is 50.7 Å². The van der Waals surface area contributed by atoms with E-state index in [1.54, 1.807) is 12.1 Å². The average Bonchev–Trinajstić information content (AvgIpc) is 2.40. The van der Waals surface area contributed by atoms with Crippen LogP contribution < -0.4 is 0 Å². The van der Waals surface area contributed by atoms with E-state index in [2.05, 4.69) is 15.9 Å². The fourth-order valence-electron chi connectivity index (χ4n) is 1.79. The highest BCUT2D eigenvalue weighted by molar-refractivity contribution is 9.10. The molecule has 1 atom stereocenters. The van der Waals surface area contributed by atoms with Gasteiger partial charge in [0.2, 0.25) is 0 Å². The maximum Gasteiger partial charge on any atom is 0.416 e. The standard InChI is InChI=1S/C14H7BrCl3F3/c15-11-3-1-7(14(19,20)21)5-9(11)13(18)10-6-8(16)2-4-12(10)17/h1-6,13H. The lowest BCUT2D eigenvalue weighted by Gasteiger charge is -2.16. The predicted molar refractivity (Wildman–Crippen MR) is 83.3 cm³/mol. The normalized spacial score (nSPS) is 13.3. The van der Waals surface area contributed by atoms with Crippen molar-refractivity contribution in [2.45, 2.75) is 11.6 Å². The minimum atomic E-state index is -4.44. The van der Waals surface area contributed by atoms with Crippen LogP contribution in [0.2, 0.25) is 10.0 Å². The lowest BCUT2D eigenvalue weighted by molar-refractivity contribution is -0.137. The van der Waals surface area contributed by atoms with Crippen molar-refractivity contribution in [3.8, 4) is 0 Å². The summed E-state index contributed by atoms with van der Waals surface area (Å²) in [6, 6.07) is 7.96. The zero-order valence-corrected chi connectivity index (χ0v) is 14.0. The van der Waals surface area contributed by atoms with Gasteiger partial charge in [0.05, 0.1) is 10.9 Å². The molecule has 0 amide bonds. The molecule has 0 aliphatic heterocycles. The van der Waals surface area contributed by atoms with E-state index in [1.807, 2.05) is 0 Å². The van der Waals surface area contributed by atoms with Crippen LogP contribution in [0.3, 0.4) is 0 Å². The Labute approximate surface area is 142 Å². The fraction of sp³-hybridized carbons (Fsp3) is 0.143. The second-order valence-corrected chi connectivity index (χ2v) is 6.40. The highest BCUT2D eigenvalue weighted by Crippen LogP contribution is 2.40. The maximum absolute atomic E-state index is 12.8. The molecule has 2 rings (SSSR count). The summed E-state index contributed by atoms with van der Waals surface area (Å²) < 4.78 is 38.9. The van der Waals surface area contributed by atoms with Crippen LogP contribution in [0.1, 0.15) is 22.1 Å². The molecule has 1 unspecified atom stereocenters. The van der Waals surface area contributed by atoms with Crippen LogP contribution in [-0.2, 0) is 6.18 Å². The number of benzene rings is 2. The van der Waals surface area contributed by atoms with Gasteiger partial charge in [0.1, 0.15) is 0 Å². The highest BCUT2D eigenvalue weighted by atomic mass is 79.9. The third-order valence-corrected chi connectivity index (χ3v) is 4.60. The average molecular weight is 418 g/mol. The molecule has 0 radical (unpaired) electrons. The molecular weight excluding hydrogens is 411 g/mol. The summed E-state index contributed by atoms with van der Waals surface area (Å²) in [6.07, 6.45) is -4.44. The summed E-state index contributed by atoms with van der Waals surface area (Å²) in [7, 11) is 0. The van der Waals surface area contributed by atoms with E-state index in [0.717, 1.165) is 12.1 Å². The van der Waals surface area contributed by atoms with E-state index in [9.17, 15) is 13.2 Å². The van der Waals surface area contributed by atoms with Crippen LogP contribution in [0.15, 0.2) is 40.9 Å². The lowest BCUT2D eigenvalue weighted by Crippen LogP contribution is -2.06. The van der Waals surface area contributed by atoms with Gasteiger partial charge >= 0.3 is 6.18 Å². The summed E-state index contributed by atoms with van der Waals surface area (Å²) in [6.45, 7) is 0. The van der Waals surface area contributed by atoms with Crippen LogP contribution in [-0.4, -0.2) is 0 Å². The molecule has 112 valence electrons. The van der Waals surface area contributed by atoms with Crippen molar-refractivity contribution >= 4 is 50.7 Å². The molecule has 0 nitrogen and oxygen atoms in total. The van der Waals surface area contributed by atoms with Crippen LogP contribution in [0.4, 0.5) is 13.2 Å². The van der Waals surface area contributed by atoms with Crippen molar-refractivity contribution in [2.75, 3.05) is 0 Å². The van der Waals surface area contributed by atoms with E-state index in [0.29, 0.717) is 20.1 Å². The van der Waals surface area contributed by atoms with Gasteiger partial charge in [-0.3, -0.25) is 0 Å². The Hall–Kier alpha value is -0.420. The Balaban J connectivity index is 2.52. The Morgan fingerprint density at radius 3 is 2.24 bits per heavy atom. The molecule has 0 aliphatic carbocycles. The van der Waals surface area contributed by atoms with Gasteiger partial charge in [-0.2, -0.15) is 13.2 Å². The molecule has 0 bridgehead atoms. The number of alkyl halides is 4. The second-order valence-electron chi connectivity index (χ2n) is 4.26. The minimum Gasteiger partial charge on any atom is -0.166 e. The number of hydrogen-bond donors (Lipinski definition) is 0. The third-order valence-electron chi connectivity index (χ3n) is 2.83. The van der Waals surface area contributed by atoms with Gasteiger partial charge in [0, 0.05) is 14.5 Å². The van der Waals surface area contributed by atoms with E-state index >= 15 is 0 Å².